The fourth-order valence-corrected chi connectivity index (χ4v) is 18.0. The van der Waals surface area contributed by atoms with Crippen LogP contribution in [0.3, 0.4) is 0 Å². The Hall–Kier alpha value is -8.45. The van der Waals surface area contributed by atoms with Crippen LogP contribution in [-0.2, 0) is 87.8 Å². The fraction of sp³-hybridized carbons (Fsp3) is 0.200. The number of hydrogen-bond acceptors (Lipinski definition) is 0. The third kappa shape index (κ3) is 22.4. The first-order chi connectivity index (χ1) is 49.8. The molecule has 0 N–H and O–H groups in total. The quantitative estimate of drug-likeness (QED) is 0.0415. The van der Waals surface area contributed by atoms with Gasteiger partial charge in [-0.2, -0.15) is 119 Å². The molecule has 0 aliphatic rings. The molecule has 9 aromatic carbocycles. The maximum atomic E-state index is 14.2. The molecule has 9 aromatic rings. The highest BCUT2D eigenvalue weighted by molar-refractivity contribution is 8.25. The van der Waals surface area contributed by atoms with E-state index in [0.29, 0.717) is 33.4 Å². The second-order valence-corrected chi connectivity index (χ2v) is 33.0. The summed E-state index contributed by atoms with van der Waals surface area (Å²) in [6, 6.07) is 47.6. The molecule has 0 aromatic heterocycles. The normalized spacial score (nSPS) is 14.3. The van der Waals surface area contributed by atoms with Crippen molar-refractivity contribution < 1.29 is 119 Å². The molecule has 3 atom stereocenters. The fourth-order valence-electron chi connectivity index (χ4n) is 12.7. The summed E-state index contributed by atoms with van der Waals surface area (Å²) in [6.45, 7) is 0. The van der Waals surface area contributed by atoms with E-state index in [0.717, 1.165) is 0 Å². The minimum atomic E-state index is -5.45. The zero-order valence-corrected chi connectivity index (χ0v) is 59.5. The lowest BCUT2D eigenvalue weighted by molar-refractivity contribution is -0.149. The second-order valence-electron chi connectivity index (χ2n) is 25.3. The van der Waals surface area contributed by atoms with Crippen molar-refractivity contribution in [1.29, 1.82) is 0 Å². The smallest absolute Gasteiger partial charge is 0.223 e. The summed E-state index contributed by atoms with van der Waals surface area (Å²) < 4.78 is 375. The zero-order chi connectivity index (χ0) is 80.7. The van der Waals surface area contributed by atoms with Gasteiger partial charge in [-0.15, -0.1) is 32.8 Å². The molecule has 0 spiro atoms. The summed E-state index contributed by atoms with van der Waals surface area (Å²) in [4.78, 5) is 0. The highest BCUT2D eigenvalue weighted by Crippen LogP contribution is 2.46. The molecule has 0 radical (unpaired) electrons. The van der Waals surface area contributed by atoms with Crippen molar-refractivity contribution in [2.45, 2.75) is 55.6 Å². The molecule has 0 nitrogen and oxygen atoms in total. The van der Waals surface area contributed by atoms with Crippen LogP contribution in [0.15, 0.2) is 218 Å². The van der Waals surface area contributed by atoms with E-state index in [9.17, 15) is 119 Å². The summed E-state index contributed by atoms with van der Waals surface area (Å²) in [5, 5.41) is 0. The zero-order valence-electron chi connectivity index (χ0n) is 57.1. The maximum Gasteiger partial charge on any atom is 0.416 e. The van der Waals surface area contributed by atoms with E-state index in [1.807, 2.05) is 0 Å². The summed E-state index contributed by atoms with van der Waals surface area (Å²) in [7, 11) is -3.28. The molecule has 108 heavy (non-hydrogen) atoms. The molecule has 0 unspecified atom stereocenters. The largest absolute Gasteiger partial charge is 0.416 e. The lowest BCUT2D eigenvalue weighted by Crippen LogP contribution is -2.47. The summed E-state index contributed by atoms with van der Waals surface area (Å²) in [5.74, 6) is -8.02. The topological polar surface area (TPSA) is 0 Å². The highest BCUT2D eigenvalue weighted by atomic mass is 32.2. The van der Waals surface area contributed by atoms with Gasteiger partial charge in [0.05, 0.1) is 54.2 Å². The Morgan fingerprint density at radius 3 is 0.500 bits per heavy atom. The molecule has 0 fully saturated rings. The van der Waals surface area contributed by atoms with Crippen molar-refractivity contribution in [3.05, 3.63) is 302 Å². The van der Waals surface area contributed by atoms with Gasteiger partial charge in [0, 0.05) is 33.4 Å². The molecule has 9 rings (SSSR count). The standard InChI is InChI=1S/3C25H20BF9S/c3*1-36(2)26(21(17-11-7-4-8-12-17)13-16-9-5-3-6-10-16)22-19(24(30,31)32)14-18(23(27,28)29)15-20(22)25(33,34)35/h3*3-15,26H,1-2H3/b3*21-13+/t3*26-/m110/s1. The Balaban J connectivity index is 0.000000226. The summed E-state index contributed by atoms with van der Waals surface area (Å²) >= 11 is 0. The monoisotopic (exact) mass is 1600 g/mol. The van der Waals surface area contributed by atoms with Gasteiger partial charge in [-0.05, 0) is 53.1 Å². The molecule has 0 heterocycles. The molecule has 0 aliphatic carbocycles. The third-order valence-electron chi connectivity index (χ3n) is 17.2. The summed E-state index contributed by atoms with van der Waals surface area (Å²) in [5.41, 5.74) is -17.5. The van der Waals surface area contributed by atoms with Gasteiger partial charge in [-0.3, -0.25) is 0 Å². The minimum Gasteiger partial charge on any atom is -0.223 e. The van der Waals surface area contributed by atoms with Crippen LogP contribution in [0.2, 0.25) is 0 Å². The van der Waals surface area contributed by atoms with Crippen molar-refractivity contribution in [2.75, 3.05) is 37.5 Å². The van der Waals surface area contributed by atoms with E-state index in [1.165, 1.54) is 55.8 Å². The van der Waals surface area contributed by atoms with Crippen LogP contribution in [-0.4, -0.2) is 55.5 Å². The van der Waals surface area contributed by atoms with Crippen LogP contribution in [0.25, 0.3) is 34.6 Å². The van der Waals surface area contributed by atoms with Crippen LogP contribution in [0.1, 0.15) is 83.5 Å². The number of halogens is 27. The van der Waals surface area contributed by atoms with E-state index in [2.05, 4.69) is 0 Å². The van der Waals surface area contributed by atoms with Crippen molar-refractivity contribution in [3.63, 3.8) is 0 Å². The average Bonchev–Trinajstić information content (AvgIpc) is 0.754. The second kappa shape index (κ2) is 34.2. The molecular formula is C75H60B3F27S3. The van der Waals surface area contributed by atoms with Gasteiger partial charge >= 0.3 is 55.6 Å². The van der Waals surface area contributed by atoms with Crippen LogP contribution >= 0.6 is 0 Å². The van der Waals surface area contributed by atoms with Gasteiger partial charge in [-0.25, -0.2) is 32.2 Å². The van der Waals surface area contributed by atoms with Crippen LogP contribution < -0.4 is 16.4 Å². The average molecular weight is 1600 g/mol. The Morgan fingerprint density at radius 2 is 0.370 bits per heavy atom. The van der Waals surface area contributed by atoms with Crippen LogP contribution in [0.5, 0.6) is 0 Å². The van der Waals surface area contributed by atoms with Crippen LogP contribution in [0.4, 0.5) is 119 Å². The number of rotatable bonds is 15. The van der Waals surface area contributed by atoms with Crippen LogP contribution in [0, 0.1) is 0 Å². The van der Waals surface area contributed by atoms with Gasteiger partial charge in [0.25, 0.3) is 18.0 Å². The lowest BCUT2D eigenvalue weighted by Gasteiger charge is -2.32. The lowest BCUT2D eigenvalue weighted by atomic mass is 9.55. The molecular weight excluding hydrogens is 1540 g/mol. The maximum absolute atomic E-state index is 14.2. The predicted octanol–water partition coefficient (Wildman–Crippen LogP) is 22.0. The molecule has 0 saturated heterocycles. The first-order valence-corrected chi connectivity index (χ1v) is 38.3. The number of hydrogen-bond donors (Lipinski definition) is 0. The Labute approximate surface area is 611 Å². The van der Waals surface area contributed by atoms with E-state index < -0.39 is 172 Å². The first-order valence-electron chi connectivity index (χ1n) is 31.7. The van der Waals surface area contributed by atoms with Crippen molar-refractivity contribution in [1.82, 2.24) is 0 Å². The number of benzene rings is 9. The van der Waals surface area contributed by atoms with Crippen molar-refractivity contribution in [3.8, 4) is 0 Å². The van der Waals surface area contributed by atoms with Gasteiger partial charge in [0.1, 0.15) is 0 Å². The highest BCUT2D eigenvalue weighted by Gasteiger charge is 2.51. The Bertz CT molecular complexity index is 3990. The Morgan fingerprint density at radius 1 is 0.222 bits per heavy atom. The van der Waals surface area contributed by atoms with Gasteiger partial charge in [-0.1, -0.05) is 217 Å². The molecule has 0 aliphatic heterocycles. The van der Waals surface area contributed by atoms with E-state index in [1.54, 1.807) is 182 Å². The summed E-state index contributed by atoms with van der Waals surface area (Å²) in [6.07, 6.45) is -35.3. The minimum absolute atomic E-state index is 0.206. The molecule has 576 valence electrons. The molecule has 0 bridgehead atoms. The SMILES string of the molecule is C[S+](C)[B@@H-](/C(=C/c1ccccc1)c1ccccc1)c1c(C(F)(F)F)cc(C(F)(F)F)cc1C(F)(F)F.C[S+](C)[B@H-](/C(=C/c1ccccc1)c1ccccc1)c1c(C(F)(F)F)cc(C(F)(F)F)cc1C(F)(F)F.C[S+](C)[B@H-](/C(=C/c1ccccc1)c1ccccc1)c1c(C(F)(F)F)cc(C(F)(F)F)cc1C(F)(F)F. The Kier molecular flexibility index (Phi) is 27.5. The van der Waals surface area contributed by atoms with Gasteiger partial charge in [0.2, 0.25) is 0 Å². The van der Waals surface area contributed by atoms with Crippen molar-refractivity contribution in [2.24, 2.45) is 0 Å². The number of alkyl halides is 27. The van der Waals surface area contributed by atoms with Crippen molar-refractivity contribution >= 4 is 101 Å². The van der Waals surface area contributed by atoms with E-state index in [-0.39, 0.29) is 52.8 Å². The molecule has 33 heteroatoms. The third-order valence-corrected chi connectivity index (χ3v) is 22.4. The van der Waals surface area contributed by atoms with Gasteiger partial charge in [0.15, 0.2) is 0 Å². The first kappa shape index (κ1) is 86.8. The van der Waals surface area contributed by atoms with E-state index in [4.69, 9.17) is 0 Å². The van der Waals surface area contributed by atoms with E-state index >= 15 is 0 Å². The molecule has 0 saturated carbocycles. The molecule has 0 amide bonds. The van der Waals surface area contributed by atoms with Gasteiger partial charge < -0.3 is 0 Å². The predicted molar refractivity (Wildman–Crippen MR) is 385 cm³/mol.